The van der Waals surface area contributed by atoms with Gasteiger partial charge in [0.2, 0.25) is 5.90 Å². The molecule has 0 fully saturated rings. The Labute approximate surface area is 212 Å². The van der Waals surface area contributed by atoms with Gasteiger partial charge in [0.25, 0.3) is 0 Å². The molecule has 0 saturated carbocycles. The van der Waals surface area contributed by atoms with Crippen LogP contribution in [0.4, 0.5) is 0 Å². The van der Waals surface area contributed by atoms with E-state index in [4.69, 9.17) is 32.7 Å². The van der Waals surface area contributed by atoms with E-state index in [0.29, 0.717) is 28.0 Å². The van der Waals surface area contributed by atoms with Crippen molar-refractivity contribution in [2.24, 2.45) is 4.99 Å². The summed E-state index contributed by atoms with van der Waals surface area (Å²) in [5, 5.41) is 0.838. The van der Waals surface area contributed by atoms with Crippen LogP contribution in [0, 0.1) is 6.92 Å². The molecular weight excluding hydrogens is 581 g/mol. The van der Waals surface area contributed by atoms with Crippen LogP contribution in [-0.2, 0) is 16.1 Å². The third kappa shape index (κ3) is 5.09. The Morgan fingerprint density at radius 2 is 1.78 bits per heavy atom. The fourth-order valence-electron chi connectivity index (χ4n) is 3.07. The lowest BCUT2D eigenvalue weighted by molar-refractivity contribution is -0.129. The molecule has 4 rings (SSSR count). The van der Waals surface area contributed by atoms with Crippen LogP contribution in [-0.4, -0.2) is 11.9 Å². The van der Waals surface area contributed by atoms with Crippen molar-refractivity contribution < 1.29 is 14.3 Å². The van der Waals surface area contributed by atoms with Crippen molar-refractivity contribution in [1.29, 1.82) is 0 Å². The van der Waals surface area contributed by atoms with Crippen molar-refractivity contribution in [1.82, 2.24) is 0 Å². The van der Waals surface area contributed by atoms with Crippen molar-refractivity contribution in [2.45, 2.75) is 13.5 Å². The van der Waals surface area contributed by atoms with Crippen LogP contribution < -0.4 is 4.74 Å². The van der Waals surface area contributed by atoms with Gasteiger partial charge in [0.15, 0.2) is 5.70 Å². The number of ether oxygens (including phenoxy) is 2. The lowest BCUT2D eigenvalue weighted by Crippen LogP contribution is -2.05. The average molecular weight is 596 g/mol. The summed E-state index contributed by atoms with van der Waals surface area (Å²) in [7, 11) is 0. The molecule has 0 radical (unpaired) electrons. The molecule has 0 atom stereocenters. The largest absolute Gasteiger partial charge is 0.487 e. The number of aryl methyl sites for hydroxylation is 1. The minimum atomic E-state index is -0.557. The number of nitrogens with zero attached hydrogens (tertiary/aromatic N) is 1. The number of esters is 1. The fourth-order valence-corrected chi connectivity index (χ4v) is 5.01. The molecule has 0 aromatic heterocycles. The summed E-state index contributed by atoms with van der Waals surface area (Å²) in [5.74, 6) is 0.249. The molecule has 0 bridgehead atoms. The quantitative estimate of drug-likeness (QED) is 0.224. The maximum absolute atomic E-state index is 12.3. The zero-order valence-electron chi connectivity index (χ0n) is 16.7. The Kier molecular flexibility index (Phi) is 7.05. The van der Waals surface area contributed by atoms with E-state index in [0.717, 1.165) is 25.6 Å². The number of hydrogen-bond acceptors (Lipinski definition) is 4. The Balaban J connectivity index is 1.58. The van der Waals surface area contributed by atoms with E-state index in [2.05, 4.69) is 36.9 Å². The van der Waals surface area contributed by atoms with Crippen LogP contribution in [0.3, 0.4) is 0 Å². The summed E-state index contributed by atoms with van der Waals surface area (Å²) < 4.78 is 12.8. The number of halogens is 4. The smallest absolute Gasteiger partial charge is 0.363 e. The van der Waals surface area contributed by atoms with Crippen LogP contribution in [0.1, 0.15) is 22.3 Å². The van der Waals surface area contributed by atoms with Crippen molar-refractivity contribution >= 4 is 73.0 Å². The second-order valence-corrected chi connectivity index (χ2v) is 9.54. The standard InChI is InChI=1S/C24H15Br2Cl2NO3/c1-13-4-2-3-5-15(13)12-31-22-18(25)8-14(9-19(22)26)10-21-24(30)32-23(29-21)17-7-6-16(27)11-20(17)28/h2-11H,12H2,1H3/b21-10-. The summed E-state index contributed by atoms with van der Waals surface area (Å²) in [6.45, 7) is 2.48. The minimum Gasteiger partial charge on any atom is -0.487 e. The predicted molar refractivity (Wildman–Crippen MR) is 134 cm³/mol. The second kappa shape index (κ2) is 9.79. The molecule has 0 spiro atoms. The number of hydrogen-bond donors (Lipinski definition) is 0. The summed E-state index contributed by atoms with van der Waals surface area (Å²) in [5.41, 5.74) is 3.67. The number of carbonyl (C=O) groups excluding carboxylic acids is 1. The first-order chi connectivity index (χ1) is 15.3. The lowest BCUT2D eigenvalue weighted by Gasteiger charge is -2.12. The van der Waals surface area contributed by atoms with Crippen LogP contribution in [0.2, 0.25) is 10.0 Å². The molecule has 0 unspecified atom stereocenters. The van der Waals surface area contributed by atoms with Gasteiger partial charge in [-0.25, -0.2) is 9.79 Å². The van der Waals surface area contributed by atoms with E-state index >= 15 is 0 Å². The van der Waals surface area contributed by atoms with Gasteiger partial charge < -0.3 is 9.47 Å². The highest BCUT2D eigenvalue weighted by atomic mass is 79.9. The van der Waals surface area contributed by atoms with Gasteiger partial charge in [-0.3, -0.25) is 0 Å². The van der Waals surface area contributed by atoms with Gasteiger partial charge in [-0.1, -0.05) is 47.5 Å². The van der Waals surface area contributed by atoms with Gasteiger partial charge in [-0.2, -0.15) is 0 Å². The average Bonchev–Trinajstić information content (AvgIpc) is 3.08. The maximum Gasteiger partial charge on any atom is 0.363 e. The Morgan fingerprint density at radius 3 is 2.47 bits per heavy atom. The first-order valence-electron chi connectivity index (χ1n) is 9.46. The van der Waals surface area contributed by atoms with E-state index in [-0.39, 0.29) is 11.6 Å². The first-order valence-corrected chi connectivity index (χ1v) is 11.8. The Morgan fingerprint density at radius 1 is 1.06 bits per heavy atom. The molecule has 1 heterocycles. The van der Waals surface area contributed by atoms with Gasteiger partial charge in [0.05, 0.1) is 19.5 Å². The van der Waals surface area contributed by atoms with E-state index < -0.39 is 5.97 Å². The molecule has 3 aromatic carbocycles. The lowest BCUT2D eigenvalue weighted by atomic mass is 10.1. The molecule has 0 amide bonds. The van der Waals surface area contributed by atoms with Crippen molar-refractivity contribution in [3.63, 3.8) is 0 Å². The van der Waals surface area contributed by atoms with E-state index in [1.807, 2.05) is 43.3 Å². The van der Waals surface area contributed by atoms with Crippen molar-refractivity contribution in [3.8, 4) is 5.75 Å². The summed E-state index contributed by atoms with van der Waals surface area (Å²) >= 11 is 19.2. The van der Waals surface area contributed by atoms with Gasteiger partial charge in [0, 0.05) is 5.02 Å². The van der Waals surface area contributed by atoms with Crippen LogP contribution >= 0.6 is 55.1 Å². The van der Waals surface area contributed by atoms with Crippen molar-refractivity contribution in [2.75, 3.05) is 0 Å². The summed E-state index contributed by atoms with van der Waals surface area (Å²) in [6.07, 6.45) is 1.64. The molecule has 8 heteroatoms. The highest BCUT2D eigenvalue weighted by Crippen LogP contribution is 2.36. The van der Waals surface area contributed by atoms with Crippen LogP contribution in [0.15, 0.2) is 74.2 Å². The normalized spacial score (nSPS) is 14.5. The molecule has 4 nitrogen and oxygen atoms in total. The predicted octanol–water partition coefficient (Wildman–Crippen LogP) is 7.75. The van der Waals surface area contributed by atoms with E-state index in [9.17, 15) is 4.79 Å². The van der Waals surface area contributed by atoms with E-state index in [1.165, 1.54) is 0 Å². The summed E-state index contributed by atoms with van der Waals surface area (Å²) in [6, 6.07) is 16.6. The third-order valence-electron chi connectivity index (χ3n) is 4.74. The van der Waals surface area contributed by atoms with E-state index in [1.54, 1.807) is 24.3 Å². The molecule has 1 aliphatic heterocycles. The monoisotopic (exact) mass is 593 g/mol. The Bertz CT molecular complexity index is 1260. The van der Waals surface area contributed by atoms with Crippen molar-refractivity contribution in [3.05, 3.63) is 102 Å². The molecule has 0 saturated heterocycles. The maximum atomic E-state index is 12.3. The number of aliphatic imine (C=N–C) groups is 1. The molecule has 1 aliphatic rings. The Hall–Kier alpha value is -2.12. The topological polar surface area (TPSA) is 47.9 Å². The molecule has 0 N–H and O–H groups in total. The summed E-state index contributed by atoms with van der Waals surface area (Å²) in [4.78, 5) is 16.7. The van der Waals surface area contributed by atoms with Gasteiger partial charge in [0.1, 0.15) is 12.4 Å². The molecular formula is C24H15Br2Cl2NO3. The molecule has 3 aromatic rings. The van der Waals surface area contributed by atoms with Crippen LogP contribution in [0.25, 0.3) is 6.08 Å². The van der Waals surface area contributed by atoms with Crippen LogP contribution in [0.5, 0.6) is 5.75 Å². The highest BCUT2D eigenvalue weighted by Gasteiger charge is 2.26. The number of benzene rings is 3. The highest BCUT2D eigenvalue weighted by molar-refractivity contribution is 9.11. The van der Waals surface area contributed by atoms with Gasteiger partial charge in [-0.05, 0) is 91.9 Å². The minimum absolute atomic E-state index is 0.138. The van der Waals surface area contributed by atoms with Gasteiger partial charge in [-0.15, -0.1) is 0 Å². The number of cyclic esters (lactones) is 1. The number of carbonyl (C=O) groups is 1. The second-order valence-electron chi connectivity index (χ2n) is 6.99. The molecule has 162 valence electrons. The molecule has 0 aliphatic carbocycles. The first kappa shape index (κ1) is 23.1. The molecule has 32 heavy (non-hydrogen) atoms. The third-order valence-corrected chi connectivity index (χ3v) is 6.47. The zero-order valence-corrected chi connectivity index (χ0v) is 21.3. The SMILES string of the molecule is Cc1ccccc1COc1c(Br)cc(/C=C2\N=C(c3ccc(Cl)cc3Cl)OC2=O)cc1Br. The fraction of sp³-hybridized carbons (Fsp3) is 0.0833. The van der Waals surface area contributed by atoms with Gasteiger partial charge >= 0.3 is 5.97 Å². The zero-order chi connectivity index (χ0) is 22.8. The number of rotatable bonds is 5.